The maximum absolute atomic E-state index is 4.20. The first-order valence-electron chi connectivity index (χ1n) is 6.62. The fourth-order valence-corrected chi connectivity index (χ4v) is 1.98. The summed E-state index contributed by atoms with van der Waals surface area (Å²) in [6.07, 6.45) is 8.75. The zero-order valence-corrected chi connectivity index (χ0v) is 12.2. The van der Waals surface area contributed by atoms with Crippen LogP contribution in [0.2, 0.25) is 0 Å². The number of allylic oxidation sites excluding steroid dienone is 6. The molecular weight excluding hydrogens is 204 g/mol. The molecule has 0 rings (SSSR count). The molecular formula is C17H28. The fourth-order valence-electron chi connectivity index (χ4n) is 1.98. The summed E-state index contributed by atoms with van der Waals surface area (Å²) in [4.78, 5) is 0. The van der Waals surface area contributed by atoms with E-state index in [-0.39, 0.29) is 0 Å². The van der Waals surface area contributed by atoms with Crippen LogP contribution < -0.4 is 0 Å². The number of rotatable bonds is 7. The molecule has 0 aromatic carbocycles. The Morgan fingerprint density at radius 2 is 1.82 bits per heavy atom. The SMILES string of the molecule is C=C(CCC)C(=C)C(C)C(C)C=C(C)C=CC. The van der Waals surface area contributed by atoms with Gasteiger partial charge in [-0.2, -0.15) is 0 Å². The van der Waals surface area contributed by atoms with Gasteiger partial charge in [-0.25, -0.2) is 0 Å². The van der Waals surface area contributed by atoms with Crippen molar-refractivity contribution in [3.8, 4) is 0 Å². The van der Waals surface area contributed by atoms with Crippen LogP contribution in [0.5, 0.6) is 0 Å². The van der Waals surface area contributed by atoms with Gasteiger partial charge in [-0.3, -0.25) is 0 Å². The molecule has 0 heteroatoms. The van der Waals surface area contributed by atoms with Crippen LogP contribution in [0.15, 0.2) is 48.1 Å². The van der Waals surface area contributed by atoms with Gasteiger partial charge < -0.3 is 0 Å². The first-order chi connectivity index (χ1) is 7.93. The van der Waals surface area contributed by atoms with E-state index in [0.29, 0.717) is 11.8 Å². The standard InChI is InChI=1S/C17H28/c1-8-10-13(3)12-15(5)17(7)16(6)14(4)11-9-2/h8,10,12,15,17H,4,6,9,11H2,1-3,5,7H3. The molecule has 0 saturated heterocycles. The summed E-state index contributed by atoms with van der Waals surface area (Å²) in [7, 11) is 0. The molecule has 0 N–H and O–H groups in total. The molecule has 0 radical (unpaired) electrons. The smallest absolute Gasteiger partial charge is 0.0133 e. The second kappa shape index (κ2) is 8.11. The molecule has 0 nitrogen and oxygen atoms in total. The molecule has 0 fully saturated rings. The zero-order valence-electron chi connectivity index (χ0n) is 12.2. The molecule has 96 valence electrons. The fraction of sp³-hybridized carbons (Fsp3) is 0.529. The average Bonchev–Trinajstić information content (AvgIpc) is 2.27. The van der Waals surface area contributed by atoms with Crippen molar-refractivity contribution in [2.24, 2.45) is 11.8 Å². The molecule has 0 aliphatic rings. The molecule has 0 aromatic heterocycles. The monoisotopic (exact) mass is 232 g/mol. The topological polar surface area (TPSA) is 0 Å². The summed E-state index contributed by atoms with van der Waals surface area (Å²) in [5, 5.41) is 0. The van der Waals surface area contributed by atoms with Gasteiger partial charge in [-0.05, 0) is 37.7 Å². The van der Waals surface area contributed by atoms with Crippen molar-refractivity contribution in [1.82, 2.24) is 0 Å². The van der Waals surface area contributed by atoms with E-state index in [2.05, 4.69) is 59.1 Å². The van der Waals surface area contributed by atoms with E-state index in [1.807, 2.05) is 6.92 Å². The van der Waals surface area contributed by atoms with E-state index in [9.17, 15) is 0 Å². The Hall–Kier alpha value is -1.04. The molecule has 0 spiro atoms. The van der Waals surface area contributed by atoms with Crippen molar-refractivity contribution in [1.29, 1.82) is 0 Å². The minimum absolute atomic E-state index is 0.467. The quantitative estimate of drug-likeness (QED) is 0.494. The van der Waals surface area contributed by atoms with Gasteiger partial charge in [-0.1, -0.05) is 69.7 Å². The summed E-state index contributed by atoms with van der Waals surface area (Å²) in [5.74, 6) is 0.974. The van der Waals surface area contributed by atoms with E-state index in [1.165, 1.54) is 16.7 Å². The van der Waals surface area contributed by atoms with Gasteiger partial charge in [0.1, 0.15) is 0 Å². The van der Waals surface area contributed by atoms with Gasteiger partial charge in [0, 0.05) is 0 Å². The first-order valence-corrected chi connectivity index (χ1v) is 6.62. The Balaban J connectivity index is 4.59. The van der Waals surface area contributed by atoms with Gasteiger partial charge >= 0.3 is 0 Å². The molecule has 0 aromatic rings. The first kappa shape index (κ1) is 16.0. The lowest BCUT2D eigenvalue weighted by atomic mass is 9.84. The van der Waals surface area contributed by atoms with Crippen molar-refractivity contribution >= 4 is 0 Å². The third kappa shape index (κ3) is 5.72. The predicted octanol–water partition coefficient (Wildman–Crippen LogP) is 5.69. The van der Waals surface area contributed by atoms with Gasteiger partial charge in [-0.15, -0.1) is 0 Å². The van der Waals surface area contributed by atoms with E-state index in [0.717, 1.165) is 12.8 Å². The van der Waals surface area contributed by atoms with Gasteiger partial charge in [0.15, 0.2) is 0 Å². The predicted molar refractivity (Wildman–Crippen MR) is 80.1 cm³/mol. The lowest BCUT2D eigenvalue weighted by Crippen LogP contribution is -2.09. The molecule has 0 heterocycles. The Labute approximate surface area is 108 Å². The van der Waals surface area contributed by atoms with Crippen LogP contribution in [-0.4, -0.2) is 0 Å². The number of hydrogen-bond donors (Lipinski definition) is 0. The highest BCUT2D eigenvalue weighted by Gasteiger charge is 2.15. The van der Waals surface area contributed by atoms with Crippen molar-refractivity contribution in [2.45, 2.75) is 47.5 Å². The summed E-state index contributed by atoms with van der Waals surface area (Å²) >= 11 is 0. The average molecular weight is 232 g/mol. The molecule has 0 amide bonds. The van der Waals surface area contributed by atoms with Crippen LogP contribution in [0.4, 0.5) is 0 Å². The summed E-state index contributed by atoms with van der Waals surface area (Å²) in [6, 6.07) is 0. The maximum atomic E-state index is 4.20. The number of hydrogen-bond acceptors (Lipinski definition) is 0. The molecule has 17 heavy (non-hydrogen) atoms. The highest BCUT2D eigenvalue weighted by atomic mass is 14.2. The van der Waals surface area contributed by atoms with Crippen LogP contribution in [0.1, 0.15) is 47.5 Å². The summed E-state index contributed by atoms with van der Waals surface area (Å²) < 4.78 is 0. The molecule has 0 aliphatic carbocycles. The molecule has 0 aliphatic heterocycles. The molecule has 2 unspecified atom stereocenters. The maximum Gasteiger partial charge on any atom is -0.0133 e. The third-order valence-corrected chi connectivity index (χ3v) is 3.30. The summed E-state index contributed by atoms with van der Waals surface area (Å²) in [5.41, 5.74) is 3.74. The van der Waals surface area contributed by atoms with Crippen LogP contribution in [0.25, 0.3) is 0 Å². The van der Waals surface area contributed by atoms with E-state index in [4.69, 9.17) is 0 Å². The van der Waals surface area contributed by atoms with Crippen LogP contribution in [-0.2, 0) is 0 Å². The largest absolute Gasteiger partial charge is 0.0956 e. The van der Waals surface area contributed by atoms with E-state index < -0.39 is 0 Å². The van der Waals surface area contributed by atoms with Crippen molar-refractivity contribution in [2.75, 3.05) is 0 Å². The van der Waals surface area contributed by atoms with Crippen molar-refractivity contribution < 1.29 is 0 Å². The van der Waals surface area contributed by atoms with Gasteiger partial charge in [0.25, 0.3) is 0 Å². The molecule has 0 bridgehead atoms. The van der Waals surface area contributed by atoms with Crippen LogP contribution in [0.3, 0.4) is 0 Å². The molecule has 2 atom stereocenters. The Kier molecular flexibility index (Phi) is 7.61. The Morgan fingerprint density at radius 1 is 1.24 bits per heavy atom. The minimum Gasteiger partial charge on any atom is -0.0956 e. The Bertz CT molecular complexity index is 315. The third-order valence-electron chi connectivity index (χ3n) is 3.30. The van der Waals surface area contributed by atoms with Crippen LogP contribution >= 0.6 is 0 Å². The lowest BCUT2D eigenvalue weighted by Gasteiger charge is -2.21. The van der Waals surface area contributed by atoms with Gasteiger partial charge in [0.2, 0.25) is 0 Å². The minimum atomic E-state index is 0.467. The lowest BCUT2D eigenvalue weighted by molar-refractivity contribution is 0.530. The van der Waals surface area contributed by atoms with Crippen molar-refractivity contribution in [3.63, 3.8) is 0 Å². The Morgan fingerprint density at radius 3 is 2.29 bits per heavy atom. The van der Waals surface area contributed by atoms with E-state index >= 15 is 0 Å². The van der Waals surface area contributed by atoms with Crippen molar-refractivity contribution in [3.05, 3.63) is 48.1 Å². The highest BCUT2D eigenvalue weighted by Crippen LogP contribution is 2.27. The summed E-state index contributed by atoms with van der Waals surface area (Å²) in [6.45, 7) is 19.2. The second-order valence-electron chi connectivity index (χ2n) is 4.94. The normalized spacial score (nSPS) is 15.9. The van der Waals surface area contributed by atoms with E-state index in [1.54, 1.807) is 0 Å². The van der Waals surface area contributed by atoms with Crippen LogP contribution in [0, 0.1) is 11.8 Å². The zero-order chi connectivity index (χ0) is 13.4. The van der Waals surface area contributed by atoms with Gasteiger partial charge in [0.05, 0.1) is 0 Å². The highest BCUT2D eigenvalue weighted by molar-refractivity contribution is 5.29. The second-order valence-corrected chi connectivity index (χ2v) is 4.94. The molecule has 0 saturated carbocycles.